The van der Waals surface area contributed by atoms with Gasteiger partial charge in [0.2, 0.25) is 0 Å². The van der Waals surface area contributed by atoms with Crippen molar-refractivity contribution in [1.82, 2.24) is 4.98 Å². The summed E-state index contributed by atoms with van der Waals surface area (Å²) < 4.78 is 5.95. The minimum atomic E-state index is 0.469. The first-order valence-corrected chi connectivity index (χ1v) is 8.01. The molecule has 0 unspecified atom stereocenters. The van der Waals surface area contributed by atoms with Crippen LogP contribution in [0.1, 0.15) is 34.7 Å². The quantitative estimate of drug-likeness (QED) is 0.782. The van der Waals surface area contributed by atoms with Crippen LogP contribution in [-0.4, -0.2) is 4.98 Å². The molecule has 2 nitrogen and oxygen atoms in total. The smallest absolute Gasteiger partial charge is 0.140 e. The molecule has 0 aliphatic heterocycles. The van der Waals surface area contributed by atoms with Gasteiger partial charge in [0.25, 0.3) is 0 Å². The Morgan fingerprint density at radius 3 is 3.00 bits per heavy atom. The zero-order valence-corrected chi connectivity index (χ0v) is 12.3. The van der Waals surface area contributed by atoms with Crippen LogP contribution in [-0.2, 0) is 25.3 Å². The van der Waals surface area contributed by atoms with Gasteiger partial charge in [-0.2, -0.15) is 0 Å². The van der Waals surface area contributed by atoms with Crippen LogP contribution in [0.4, 0.5) is 0 Å². The number of benzene rings is 1. The fraction of sp³-hybridized carbons (Fsp3) is 0.400. The second-order valence-electron chi connectivity index (χ2n) is 4.76. The Balaban J connectivity index is 1.73. The molecule has 0 saturated heterocycles. The van der Waals surface area contributed by atoms with Gasteiger partial charge in [-0.1, -0.05) is 12.1 Å². The van der Waals surface area contributed by atoms with Crippen molar-refractivity contribution < 1.29 is 4.74 Å². The topological polar surface area (TPSA) is 22.1 Å². The van der Waals surface area contributed by atoms with Gasteiger partial charge in [-0.3, -0.25) is 0 Å². The molecule has 0 amide bonds. The van der Waals surface area contributed by atoms with Gasteiger partial charge in [-0.25, -0.2) is 4.98 Å². The summed E-state index contributed by atoms with van der Waals surface area (Å²) in [7, 11) is 0. The fourth-order valence-corrected chi connectivity index (χ4v) is 3.43. The van der Waals surface area contributed by atoms with E-state index in [1.165, 1.54) is 30.4 Å². The number of rotatable bonds is 4. The van der Waals surface area contributed by atoms with Gasteiger partial charge < -0.3 is 4.74 Å². The lowest BCUT2D eigenvalue weighted by Gasteiger charge is -2.19. The van der Waals surface area contributed by atoms with Gasteiger partial charge in [0, 0.05) is 5.38 Å². The number of fused-ring (bicyclic) bond motifs is 1. The Morgan fingerprint density at radius 2 is 2.16 bits per heavy atom. The molecule has 0 fully saturated rings. The molecule has 1 heterocycles. The van der Waals surface area contributed by atoms with Crippen LogP contribution >= 0.6 is 22.9 Å². The lowest BCUT2D eigenvalue weighted by Crippen LogP contribution is -2.06. The van der Waals surface area contributed by atoms with Gasteiger partial charge in [0.05, 0.1) is 11.6 Å². The highest BCUT2D eigenvalue weighted by atomic mass is 35.5. The van der Waals surface area contributed by atoms with E-state index >= 15 is 0 Å². The zero-order chi connectivity index (χ0) is 13.1. The number of thiazole rings is 1. The maximum Gasteiger partial charge on any atom is 0.140 e. The van der Waals surface area contributed by atoms with E-state index in [0.717, 1.165) is 22.9 Å². The minimum absolute atomic E-state index is 0.469. The Kier molecular flexibility index (Phi) is 4.04. The molecule has 0 radical (unpaired) electrons. The maximum absolute atomic E-state index is 5.95. The average Bonchev–Trinajstić information content (AvgIpc) is 2.93. The van der Waals surface area contributed by atoms with Crippen molar-refractivity contribution in [3.05, 3.63) is 45.4 Å². The molecule has 3 rings (SSSR count). The third kappa shape index (κ3) is 2.93. The second-order valence-corrected chi connectivity index (χ2v) is 5.97. The summed E-state index contributed by atoms with van der Waals surface area (Å²) in [6, 6.07) is 6.38. The van der Waals surface area contributed by atoms with Gasteiger partial charge in [0.1, 0.15) is 17.4 Å². The van der Waals surface area contributed by atoms with Crippen LogP contribution in [0.15, 0.2) is 23.6 Å². The highest BCUT2D eigenvalue weighted by molar-refractivity contribution is 7.09. The predicted octanol–water partition coefficient (Wildman–Crippen LogP) is 4.34. The number of hydrogen-bond donors (Lipinski definition) is 0. The third-order valence-corrected chi connectivity index (χ3v) is 4.59. The lowest BCUT2D eigenvalue weighted by molar-refractivity contribution is 0.300. The largest absolute Gasteiger partial charge is 0.486 e. The Labute approximate surface area is 122 Å². The predicted molar refractivity (Wildman–Crippen MR) is 79.1 cm³/mol. The van der Waals surface area contributed by atoms with Crippen LogP contribution < -0.4 is 4.74 Å². The molecule has 0 atom stereocenters. The van der Waals surface area contributed by atoms with Crippen molar-refractivity contribution in [2.24, 2.45) is 0 Å². The van der Waals surface area contributed by atoms with Crippen LogP contribution in [0.2, 0.25) is 0 Å². The van der Waals surface area contributed by atoms with Crippen molar-refractivity contribution in [3.8, 4) is 5.75 Å². The van der Waals surface area contributed by atoms with E-state index in [2.05, 4.69) is 23.2 Å². The molecule has 2 aromatic rings. The van der Waals surface area contributed by atoms with E-state index in [0.29, 0.717) is 12.5 Å². The van der Waals surface area contributed by atoms with Crippen molar-refractivity contribution in [2.45, 2.75) is 38.2 Å². The number of halogens is 1. The summed E-state index contributed by atoms with van der Waals surface area (Å²) in [6.07, 6.45) is 4.87. The van der Waals surface area contributed by atoms with E-state index < -0.39 is 0 Å². The monoisotopic (exact) mass is 293 g/mol. The molecule has 0 N–H and O–H groups in total. The number of ether oxygens (including phenoxy) is 1. The van der Waals surface area contributed by atoms with Crippen molar-refractivity contribution in [2.75, 3.05) is 0 Å². The van der Waals surface area contributed by atoms with Gasteiger partial charge in [-0.05, 0) is 42.9 Å². The van der Waals surface area contributed by atoms with Gasteiger partial charge >= 0.3 is 0 Å². The fourth-order valence-electron chi connectivity index (χ4n) is 2.50. The van der Waals surface area contributed by atoms with E-state index in [4.69, 9.17) is 16.3 Å². The summed E-state index contributed by atoms with van der Waals surface area (Å²) >= 11 is 7.37. The third-order valence-electron chi connectivity index (χ3n) is 3.44. The summed E-state index contributed by atoms with van der Waals surface area (Å²) in [6.45, 7) is 0.540. The molecule has 4 heteroatoms. The molecule has 1 aliphatic carbocycles. The van der Waals surface area contributed by atoms with Crippen molar-refractivity contribution >= 4 is 22.9 Å². The maximum atomic E-state index is 5.95. The SMILES string of the molecule is ClCc1csc(COc2cccc3c2CCCC3)n1. The molecule has 0 spiro atoms. The summed E-state index contributed by atoms with van der Waals surface area (Å²) in [5.74, 6) is 1.50. The van der Waals surface area contributed by atoms with Crippen molar-refractivity contribution in [1.29, 1.82) is 0 Å². The average molecular weight is 294 g/mol. The molecule has 1 aliphatic rings. The van der Waals surface area contributed by atoms with E-state index in [9.17, 15) is 0 Å². The minimum Gasteiger partial charge on any atom is -0.486 e. The first kappa shape index (κ1) is 12.9. The van der Waals surface area contributed by atoms with Crippen LogP contribution in [0, 0.1) is 0 Å². The lowest BCUT2D eigenvalue weighted by atomic mass is 9.91. The van der Waals surface area contributed by atoms with E-state index in [-0.39, 0.29) is 0 Å². The molecule has 0 bridgehead atoms. The van der Waals surface area contributed by atoms with Crippen LogP contribution in [0.5, 0.6) is 5.75 Å². The van der Waals surface area contributed by atoms with E-state index in [1.807, 2.05) is 5.38 Å². The number of aromatic nitrogens is 1. The molecule has 100 valence electrons. The Hall–Kier alpha value is -1.06. The Morgan fingerprint density at radius 1 is 1.26 bits per heavy atom. The number of nitrogens with zero attached hydrogens (tertiary/aromatic N) is 1. The molecular formula is C15H16ClNOS. The molecule has 1 aromatic carbocycles. The second kappa shape index (κ2) is 5.93. The summed E-state index contributed by atoms with van der Waals surface area (Å²) in [4.78, 5) is 4.42. The molecule has 0 saturated carbocycles. The zero-order valence-electron chi connectivity index (χ0n) is 10.7. The molecule has 1 aromatic heterocycles. The number of aryl methyl sites for hydroxylation is 1. The first-order chi connectivity index (χ1) is 9.36. The van der Waals surface area contributed by atoms with Gasteiger partial charge in [-0.15, -0.1) is 22.9 Å². The highest BCUT2D eigenvalue weighted by Crippen LogP contribution is 2.30. The number of alkyl halides is 1. The van der Waals surface area contributed by atoms with Crippen molar-refractivity contribution in [3.63, 3.8) is 0 Å². The Bertz CT molecular complexity index is 567. The number of hydrogen-bond acceptors (Lipinski definition) is 3. The highest BCUT2D eigenvalue weighted by Gasteiger charge is 2.14. The molecular weight excluding hydrogens is 278 g/mol. The standard InChI is InChI=1S/C15H16ClNOS/c16-8-12-10-19-15(17-12)9-18-14-7-3-5-11-4-1-2-6-13(11)14/h3,5,7,10H,1-2,4,6,8-9H2. The van der Waals surface area contributed by atoms with Crippen LogP contribution in [0.25, 0.3) is 0 Å². The summed E-state index contributed by atoms with van der Waals surface area (Å²) in [5.41, 5.74) is 3.77. The molecule has 19 heavy (non-hydrogen) atoms. The van der Waals surface area contributed by atoms with Gasteiger partial charge in [0.15, 0.2) is 0 Å². The summed E-state index contributed by atoms with van der Waals surface area (Å²) in [5, 5.41) is 2.98. The first-order valence-electron chi connectivity index (χ1n) is 6.59. The normalized spacial score (nSPS) is 14.2. The van der Waals surface area contributed by atoms with E-state index in [1.54, 1.807) is 11.3 Å². The van der Waals surface area contributed by atoms with Crippen LogP contribution in [0.3, 0.4) is 0 Å².